The number of rotatable bonds is 6. The summed E-state index contributed by atoms with van der Waals surface area (Å²) in [6, 6.07) is 12.3. The summed E-state index contributed by atoms with van der Waals surface area (Å²) < 4.78 is 5.16. The number of carbonyl (C=O) groups is 1. The van der Waals surface area contributed by atoms with Gasteiger partial charge in [-0.25, -0.2) is 9.78 Å². The molecule has 0 atom stereocenters. The van der Waals surface area contributed by atoms with Crippen LogP contribution in [0.3, 0.4) is 0 Å². The summed E-state index contributed by atoms with van der Waals surface area (Å²) in [7, 11) is 0. The molecular formula is C20H20N4O2S. The van der Waals surface area contributed by atoms with E-state index in [1.807, 2.05) is 29.6 Å². The number of para-hydroxylation sites is 1. The maximum absolute atomic E-state index is 12.3. The molecule has 4 rings (SSSR count). The van der Waals surface area contributed by atoms with Crippen LogP contribution in [-0.4, -0.2) is 29.1 Å². The van der Waals surface area contributed by atoms with Gasteiger partial charge in [0.2, 0.25) is 5.95 Å². The second-order valence-corrected chi connectivity index (χ2v) is 7.15. The monoisotopic (exact) mass is 380 g/mol. The van der Waals surface area contributed by atoms with Gasteiger partial charge in [-0.05, 0) is 36.4 Å². The Morgan fingerprint density at radius 1 is 1.30 bits per heavy atom. The molecule has 0 bridgehead atoms. The third-order valence-electron chi connectivity index (χ3n) is 4.41. The fourth-order valence-electron chi connectivity index (χ4n) is 3.13. The average molecular weight is 380 g/mol. The Hall–Kier alpha value is -2.93. The first-order valence-electron chi connectivity index (χ1n) is 8.92. The van der Waals surface area contributed by atoms with Crippen molar-refractivity contribution in [1.82, 2.24) is 9.97 Å². The second kappa shape index (κ2) is 7.75. The zero-order valence-corrected chi connectivity index (χ0v) is 15.8. The van der Waals surface area contributed by atoms with Gasteiger partial charge in [-0.15, -0.1) is 11.3 Å². The minimum atomic E-state index is -0.417. The zero-order valence-electron chi connectivity index (χ0n) is 15.0. The first-order valence-corrected chi connectivity index (χ1v) is 9.80. The number of benzene rings is 1. The van der Waals surface area contributed by atoms with Gasteiger partial charge in [0.25, 0.3) is 0 Å². The quantitative estimate of drug-likeness (QED) is 0.652. The Bertz CT molecular complexity index is 943. The molecule has 2 aromatic heterocycles. The molecule has 3 heterocycles. The van der Waals surface area contributed by atoms with E-state index in [1.54, 1.807) is 24.5 Å². The van der Waals surface area contributed by atoms with Crippen LogP contribution < -0.4 is 10.2 Å². The molecule has 7 heteroatoms. The molecule has 0 saturated heterocycles. The van der Waals surface area contributed by atoms with E-state index in [1.165, 1.54) is 5.56 Å². The van der Waals surface area contributed by atoms with Crippen molar-refractivity contribution in [3.8, 4) is 0 Å². The van der Waals surface area contributed by atoms with E-state index in [0.717, 1.165) is 23.5 Å². The van der Waals surface area contributed by atoms with Crippen LogP contribution in [-0.2, 0) is 17.7 Å². The highest BCUT2D eigenvalue weighted by Crippen LogP contribution is 2.33. The fraction of sp³-hybridized carbons (Fsp3) is 0.250. The third-order valence-corrected chi connectivity index (χ3v) is 5.29. The molecule has 138 valence electrons. The Morgan fingerprint density at radius 2 is 2.19 bits per heavy atom. The van der Waals surface area contributed by atoms with Gasteiger partial charge in [0.1, 0.15) is 11.4 Å². The molecule has 27 heavy (non-hydrogen) atoms. The normalized spacial score (nSPS) is 12.7. The maximum Gasteiger partial charge on any atom is 0.343 e. The zero-order chi connectivity index (χ0) is 18.6. The Kier molecular flexibility index (Phi) is 5.02. The lowest BCUT2D eigenvalue weighted by Crippen LogP contribution is -2.19. The van der Waals surface area contributed by atoms with Gasteiger partial charge < -0.3 is 15.0 Å². The molecule has 1 N–H and O–H groups in total. The van der Waals surface area contributed by atoms with Crippen LogP contribution in [0.25, 0.3) is 0 Å². The highest BCUT2D eigenvalue weighted by atomic mass is 32.1. The SMILES string of the molecule is CCOC(=O)c1cnc(N2CCc3ccccc32)nc1NCc1cccs1. The molecule has 1 aliphatic heterocycles. The van der Waals surface area contributed by atoms with E-state index in [2.05, 4.69) is 32.3 Å². The van der Waals surface area contributed by atoms with Gasteiger partial charge in [0.15, 0.2) is 0 Å². The maximum atomic E-state index is 12.3. The lowest BCUT2D eigenvalue weighted by atomic mass is 10.2. The minimum absolute atomic E-state index is 0.310. The molecule has 0 saturated carbocycles. The lowest BCUT2D eigenvalue weighted by molar-refractivity contribution is 0.0526. The molecule has 0 amide bonds. The van der Waals surface area contributed by atoms with Crippen molar-refractivity contribution in [3.05, 3.63) is 64.0 Å². The summed E-state index contributed by atoms with van der Waals surface area (Å²) in [4.78, 5) is 24.7. The number of ether oxygens (including phenoxy) is 1. The van der Waals surface area contributed by atoms with Crippen molar-refractivity contribution in [2.24, 2.45) is 0 Å². The molecule has 0 spiro atoms. The van der Waals surface area contributed by atoms with E-state index in [9.17, 15) is 4.79 Å². The van der Waals surface area contributed by atoms with Crippen LogP contribution in [0, 0.1) is 0 Å². The van der Waals surface area contributed by atoms with Crippen molar-refractivity contribution in [3.63, 3.8) is 0 Å². The molecule has 1 aromatic carbocycles. The van der Waals surface area contributed by atoms with Gasteiger partial charge >= 0.3 is 5.97 Å². The van der Waals surface area contributed by atoms with Crippen LogP contribution in [0.1, 0.15) is 27.7 Å². The predicted molar refractivity (Wildman–Crippen MR) is 107 cm³/mol. The van der Waals surface area contributed by atoms with E-state index in [0.29, 0.717) is 30.5 Å². The van der Waals surface area contributed by atoms with Crippen LogP contribution >= 0.6 is 11.3 Å². The van der Waals surface area contributed by atoms with Crippen molar-refractivity contribution < 1.29 is 9.53 Å². The number of thiophene rings is 1. The third kappa shape index (κ3) is 3.64. The minimum Gasteiger partial charge on any atom is -0.462 e. The summed E-state index contributed by atoms with van der Waals surface area (Å²) in [5.41, 5.74) is 2.75. The number of hydrogen-bond acceptors (Lipinski definition) is 7. The summed E-state index contributed by atoms with van der Waals surface area (Å²) in [5, 5.41) is 5.30. The van der Waals surface area contributed by atoms with Crippen LogP contribution in [0.4, 0.5) is 17.5 Å². The fourth-order valence-corrected chi connectivity index (χ4v) is 3.77. The second-order valence-electron chi connectivity index (χ2n) is 6.12. The molecule has 1 aliphatic rings. The van der Waals surface area contributed by atoms with Crippen LogP contribution in [0.2, 0.25) is 0 Å². The molecule has 0 radical (unpaired) electrons. The molecule has 6 nitrogen and oxygen atoms in total. The molecule has 0 unspecified atom stereocenters. The first-order chi connectivity index (χ1) is 13.3. The Morgan fingerprint density at radius 3 is 3.00 bits per heavy atom. The topological polar surface area (TPSA) is 67.3 Å². The van der Waals surface area contributed by atoms with Crippen molar-refractivity contribution in [2.75, 3.05) is 23.4 Å². The van der Waals surface area contributed by atoms with E-state index < -0.39 is 5.97 Å². The average Bonchev–Trinajstić information content (AvgIpc) is 3.36. The number of fused-ring (bicyclic) bond motifs is 1. The number of nitrogens with zero attached hydrogens (tertiary/aromatic N) is 3. The standard InChI is InChI=1S/C20H20N4O2S/c1-2-26-19(25)16-13-22-20(23-18(16)21-12-15-7-5-11-27-15)24-10-9-14-6-3-4-8-17(14)24/h3-8,11,13H,2,9-10,12H2,1H3,(H,21,22,23). The Balaban J connectivity index is 1.65. The lowest BCUT2D eigenvalue weighted by Gasteiger charge is -2.19. The van der Waals surface area contributed by atoms with Crippen LogP contribution in [0.5, 0.6) is 0 Å². The number of hydrogen-bond donors (Lipinski definition) is 1. The largest absolute Gasteiger partial charge is 0.462 e. The van der Waals surface area contributed by atoms with E-state index in [4.69, 9.17) is 4.74 Å². The smallest absolute Gasteiger partial charge is 0.343 e. The van der Waals surface area contributed by atoms with Gasteiger partial charge in [-0.2, -0.15) is 4.98 Å². The van der Waals surface area contributed by atoms with Crippen molar-refractivity contribution in [1.29, 1.82) is 0 Å². The summed E-state index contributed by atoms with van der Waals surface area (Å²) in [6.45, 7) is 3.51. The Labute approximate surface area is 161 Å². The highest BCUT2D eigenvalue weighted by Gasteiger charge is 2.24. The molecular weight excluding hydrogens is 360 g/mol. The van der Waals surface area contributed by atoms with Crippen LogP contribution in [0.15, 0.2) is 48.0 Å². The van der Waals surface area contributed by atoms with E-state index in [-0.39, 0.29) is 0 Å². The highest BCUT2D eigenvalue weighted by molar-refractivity contribution is 7.09. The van der Waals surface area contributed by atoms with Gasteiger partial charge in [0, 0.05) is 23.3 Å². The van der Waals surface area contributed by atoms with Crippen molar-refractivity contribution >= 4 is 34.8 Å². The number of esters is 1. The number of carbonyl (C=O) groups excluding carboxylic acids is 1. The molecule has 3 aromatic rings. The van der Waals surface area contributed by atoms with Gasteiger partial charge in [-0.3, -0.25) is 0 Å². The first kappa shape index (κ1) is 17.5. The molecule has 0 fully saturated rings. The predicted octanol–water partition coefficient (Wildman–Crippen LogP) is 4.02. The number of anilines is 3. The summed E-state index contributed by atoms with van der Waals surface area (Å²) >= 11 is 1.65. The van der Waals surface area contributed by atoms with Gasteiger partial charge in [-0.1, -0.05) is 24.3 Å². The summed E-state index contributed by atoms with van der Waals surface area (Å²) in [6.07, 6.45) is 2.51. The number of nitrogens with one attached hydrogen (secondary N) is 1. The summed E-state index contributed by atoms with van der Waals surface area (Å²) in [5.74, 6) is 0.664. The van der Waals surface area contributed by atoms with Crippen molar-refractivity contribution in [2.45, 2.75) is 19.9 Å². The number of aromatic nitrogens is 2. The van der Waals surface area contributed by atoms with E-state index >= 15 is 0 Å². The molecule has 0 aliphatic carbocycles. The van der Waals surface area contributed by atoms with Gasteiger partial charge in [0.05, 0.1) is 13.2 Å².